The standard InChI is InChI=1S/C31H24BNO2/c34-32(35)23-18-19-28-25(20-23)24-14-9-16-27-30(24)33(28)29-17-8-7-15-26(29)31(27,21-10-3-1-4-11-21)22-12-5-2-6-13-22/h1-5,7-12,14-20,34-35H,6,13H2. The molecule has 0 fully saturated rings. The van der Waals surface area contributed by atoms with E-state index in [1.54, 1.807) is 0 Å². The van der Waals surface area contributed by atoms with Crippen molar-refractivity contribution in [3.05, 3.63) is 131 Å². The first kappa shape index (κ1) is 20.5. The van der Waals surface area contributed by atoms with Gasteiger partial charge in [-0.1, -0.05) is 103 Å². The summed E-state index contributed by atoms with van der Waals surface area (Å²) in [6.07, 6.45) is 8.78. The number of nitrogens with zero attached hydrogens (tertiary/aromatic N) is 1. The Bertz CT molecular complexity index is 1680. The van der Waals surface area contributed by atoms with Crippen molar-refractivity contribution in [3.63, 3.8) is 0 Å². The first-order chi connectivity index (χ1) is 17.2. The van der Waals surface area contributed by atoms with Crippen LogP contribution in [0.4, 0.5) is 0 Å². The lowest BCUT2D eigenvalue weighted by Gasteiger charge is -2.43. The van der Waals surface area contributed by atoms with Crippen molar-refractivity contribution in [3.8, 4) is 5.69 Å². The average Bonchev–Trinajstić information content (AvgIpc) is 3.25. The Morgan fingerprint density at radius 2 is 1.57 bits per heavy atom. The molecule has 1 aromatic heterocycles. The van der Waals surface area contributed by atoms with E-state index in [2.05, 4.69) is 95.6 Å². The van der Waals surface area contributed by atoms with E-state index in [1.807, 2.05) is 18.2 Å². The molecule has 4 aromatic carbocycles. The maximum Gasteiger partial charge on any atom is 0.488 e. The van der Waals surface area contributed by atoms with E-state index in [0.717, 1.165) is 29.1 Å². The van der Waals surface area contributed by atoms with E-state index in [4.69, 9.17) is 0 Å². The van der Waals surface area contributed by atoms with Crippen molar-refractivity contribution in [1.82, 2.24) is 4.57 Å². The van der Waals surface area contributed by atoms with Crippen LogP contribution >= 0.6 is 0 Å². The molecule has 1 unspecified atom stereocenters. The van der Waals surface area contributed by atoms with E-state index in [1.165, 1.54) is 33.5 Å². The highest BCUT2D eigenvalue weighted by molar-refractivity contribution is 6.59. The van der Waals surface area contributed by atoms with E-state index in [-0.39, 0.29) is 0 Å². The van der Waals surface area contributed by atoms with Crippen molar-refractivity contribution >= 4 is 34.4 Å². The molecule has 7 rings (SSSR count). The molecule has 0 saturated carbocycles. The van der Waals surface area contributed by atoms with E-state index < -0.39 is 12.5 Å². The summed E-state index contributed by atoms with van der Waals surface area (Å²) in [5.41, 5.74) is 8.73. The summed E-state index contributed by atoms with van der Waals surface area (Å²) in [5, 5.41) is 21.9. The molecule has 4 heteroatoms. The molecule has 2 aliphatic rings. The molecule has 2 N–H and O–H groups in total. The van der Waals surface area contributed by atoms with Crippen LogP contribution in [0.1, 0.15) is 29.5 Å². The van der Waals surface area contributed by atoms with Crippen molar-refractivity contribution in [2.24, 2.45) is 0 Å². The molecule has 3 nitrogen and oxygen atoms in total. The number of benzene rings is 4. The van der Waals surface area contributed by atoms with Crippen LogP contribution in [0.2, 0.25) is 0 Å². The Morgan fingerprint density at radius 1 is 0.771 bits per heavy atom. The average molecular weight is 453 g/mol. The molecular formula is C31H24BNO2. The number of fused-ring (bicyclic) bond motifs is 5. The monoisotopic (exact) mass is 453 g/mol. The van der Waals surface area contributed by atoms with Gasteiger partial charge in [0, 0.05) is 10.8 Å². The van der Waals surface area contributed by atoms with E-state index >= 15 is 0 Å². The summed E-state index contributed by atoms with van der Waals surface area (Å²) in [7, 11) is -1.50. The topological polar surface area (TPSA) is 45.4 Å². The van der Waals surface area contributed by atoms with Gasteiger partial charge in [0.25, 0.3) is 0 Å². The largest absolute Gasteiger partial charge is 0.488 e. The number of hydrogen-bond acceptors (Lipinski definition) is 2. The smallest absolute Gasteiger partial charge is 0.423 e. The molecule has 168 valence electrons. The lowest BCUT2D eigenvalue weighted by Crippen LogP contribution is -2.36. The van der Waals surface area contributed by atoms with Gasteiger partial charge in [0.2, 0.25) is 0 Å². The van der Waals surface area contributed by atoms with Crippen molar-refractivity contribution in [2.45, 2.75) is 18.3 Å². The predicted molar refractivity (Wildman–Crippen MR) is 143 cm³/mol. The molecule has 0 saturated heterocycles. The fourth-order valence-corrected chi connectivity index (χ4v) is 6.38. The predicted octanol–water partition coefficient (Wildman–Crippen LogP) is 5.39. The van der Waals surface area contributed by atoms with E-state index in [0.29, 0.717) is 5.46 Å². The van der Waals surface area contributed by atoms with Gasteiger partial charge in [0.15, 0.2) is 0 Å². The Labute approximate surface area is 204 Å². The first-order valence-electron chi connectivity index (χ1n) is 12.2. The van der Waals surface area contributed by atoms with Gasteiger partial charge in [-0.3, -0.25) is 0 Å². The van der Waals surface area contributed by atoms with Crippen LogP contribution in [0.3, 0.4) is 0 Å². The fourth-order valence-electron chi connectivity index (χ4n) is 6.38. The summed E-state index contributed by atoms with van der Waals surface area (Å²) in [6, 6.07) is 32.0. The van der Waals surface area contributed by atoms with Crippen LogP contribution < -0.4 is 5.46 Å². The Morgan fingerprint density at radius 3 is 2.37 bits per heavy atom. The second kappa shape index (κ2) is 7.57. The van der Waals surface area contributed by atoms with Crippen LogP contribution in [0.25, 0.3) is 27.5 Å². The normalized spacial score (nSPS) is 18.5. The highest BCUT2D eigenvalue weighted by Crippen LogP contribution is 2.55. The minimum absolute atomic E-state index is 0.411. The number of allylic oxidation sites excluding steroid dienone is 4. The van der Waals surface area contributed by atoms with E-state index in [9.17, 15) is 10.0 Å². The fraction of sp³-hybridized carbons (Fsp3) is 0.0968. The summed E-state index contributed by atoms with van der Waals surface area (Å²) in [6.45, 7) is 0. The molecule has 0 bridgehead atoms. The third-order valence-corrected chi connectivity index (χ3v) is 7.76. The second-order valence-corrected chi connectivity index (χ2v) is 9.48. The summed E-state index contributed by atoms with van der Waals surface area (Å²) in [5.74, 6) is 0. The van der Waals surface area contributed by atoms with Crippen LogP contribution in [-0.2, 0) is 5.41 Å². The van der Waals surface area contributed by atoms with Gasteiger partial charge in [-0.15, -0.1) is 0 Å². The van der Waals surface area contributed by atoms with Gasteiger partial charge in [0.05, 0.1) is 22.1 Å². The maximum atomic E-state index is 9.88. The zero-order chi connectivity index (χ0) is 23.6. The number of rotatable bonds is 3. The lowest BCUT2D eigenvalue weighted by atomic mass is 9.61. The van der Waals surface area contributed by atoms with Gasteiger partial charge in [0.1, 0.15) is 0 Å². The first-order valence-corrected chi connectivity index (χ1v) is 12.2. The Hall–Kier alpha value is -3.86. The molecule has 0 amide bonds. The molecule has 0 radical (unpaired) electrons. The van der Waals surface area contributed by atoms with Crippen LogP contribution in [0.15, 0.2) is 115 Å². The van der Waals surface area contributed by atoms with Gasteiger partial charge in [-0.05, 0) is 47.1 Å². The summed E-state index contributed by atoms with van der Waals surface area (Å²) in [4.78, 5) is 0. The molecule has 2 heterocycles. The molecule has 5 aromatic rings. The minimum Gasteiger partial charge on any atom is -0.423 e. The van der Waals surface area contributed by atoms with Crippen LogP contribution in [0, 0.1) is 0 Å². The number of hydrogen-bond donors (Lipinski definition) is 2. The zero-order valence-corrected chi connectivity index (χ0v) is 19.2. The number of aromatic nitrogens is 1. The Balaban J connectivity index is 1.72. The molecule has 1 aliphatic heterocycles. The molecular weight excluding hydrogens is 429 g/mol. The highest BCUT2D eigenvalue weighted by atomic mass is 16.4. The molecule has 1 atom stereocenters. The third-order valence-electron chi connectivity index (χ3n) is 7.76. The van der Waals surface area contributed by atoms with Gasteiger partial charge < -0.3 is 14.6 Å². The molecule has 1 aliphatic carbocycles. The molecule has 35 heavy (non-hydrogen) atoms. The van der Waals surface area contributed by atoms with Crippen molar-refractivity contribution < 1.29 is 10.0 Å². The van der Waals surface area contributed by atoms with Crippen molar-refractivity contribution in [1.29, 1.82) is 0 Å². The van der Waals surface area contributed by atoms with Gasteiger partial charge >= 0.3 is 7.12 Å². The summed E-state index contributed by atoms with van der Waals surface area (Å²) < 4.78 is 2.36. The van der Waals surface area contributed by atoms with Crippen molar-refractivity contribution in [2.75, 3.05) is 0 Å². The Kier molecular flexibility index (Phi) is 4.44. The quantitative estimate of drug-likeness (QED) is 0.360. The van der Waals surface area contributed by atoms with Crippen LogP contribution in [-0.4, -0.2) is 21.7 Å². The number of para-hydroxylation sites is 2. The lowest BCUT2D eigenvalue weighted by molar-refractivity contribution is 0.426. The van der Waals surface area contributed by atoms with Crippen LogP contribution in [0.5, 0.6) is 0 Å². The third kappa shape index (κ3) is 2.69. The zero-order valence-electron chi connectivity index (χ0n) is 19.2. The van der Waals surface area contributed by atoms with Gasteiger partial charge in [-0.2, -0.15) is 0 Å². The molecule has 0 spiro atoms. The maximum absolute atomic E-state index is 9.88. The van der Waals surface area contributed by atoms with Gasteiger partial charge in [-0.25, -0.2) is 0 Å². The highest BCUT2D eigenvalue weighted by Gasteiger charge is 2.46. The minimum atomic E-state index is -1.50. The second-order valence-electron chi connectivity index (χ2n) is 9.48. The SMILES string of the molecule is OB(O)c1ccc2c(c1)c1cccc3c1n2-c1ccccc1C3(C1=CC=CCC1)c1ccccc1. The summed E-state index contributed by atoms with van der Waals surface area (Å²) >= 11 is 0.